The molecule has 0 bridgehead atoms. The summed E-state index contributed by atoms with van der Waals surface area (Å²) in [5, 5.41) is 9.87. The van der Waals surface area contributed by atoms with E-state index in [4.69, 9.17) is 4.74 Å². The predicted octanol–water partition coefficient (Wildman–Crippen LogP) is 3.44. The molecule has 0 spiro atoms. The number of aliphatic hydroxyl groups excluding tert-OH is 1. The number of hydrogen-bond donors (Lipinski definition) is 1. The number of likely N-dealkylation sites (N-methyl/N-ethyl adjacent to an activating group) is 1. The summed E-state index contributed by atoms with van der Waals surface area (Å²) in [6.45, 7) is 6.33. The van der Waals surface area contributed by atoms with Crippen molar-refractivity contribution >= 4 is 11.8 Å². The van der Waals surface area contributed by atoms with E-state index in [1.807, 2.05) is 45.0 Å². The van der Waals surface area contributed by atoms with Crippen LogP contribution in [-0.4, -0.2) is 75.6 Å². The summed E-state index contributed by atoms with van der Waals surface area (Å²) in [5.41, 5.74) is 3.77. The molecule has 0 aliphatic carbocycles. The van der Waals surface area contributed by atoms with Gasteiger partial charge in [0.15, 0.2) is 0 Å². The highest BCUT2D eigenvalue weighted by Gasteiger charge is 2.35. The number of amides is 2. The Bertz CT molecular complexity index is 1220. The summed E-state index contributed by atoms with van der Waals surface area (Å²) in [6.07, 6.45) is 4.45. The number of fused-ring (bicyclic) bond motifs is 1. The third-order valence-corrected chi connectivity index (χ3v) is 6.63. The van der Waals surface area contributed by atoms with Crippen LogP contribution in [0.1, 0.15) is 40.1 Å². The Labute approximate surface area is 211 Å². The molecular formula is C28H32N4O4. The average Bonchev–Trinajstić information content (AvgIpc) is 2.90. The molecule has 0 unspecified atom stereocenters. The number of pyridine rings is 2. The smallest absolute Gasteiger partial charge is 0.259 e. The number of aromatic nitrogens is 2. The van der Waals surface area contributed by atoms with Gasteiger partial charge in [0.25, 0.3) is 11.8 Å². The summed E-state index contributed by atoms with van der Waals surface area (Å²) in [4.78, 5) is 38.4. The van der Waals surface area contributed by atoms with Crippen LogP contribution >= 0.6 is 0 Å². The molecular weight excluding hydrogens is 456 g/mol. The second-order valence-electron chi connectivity index (χ2n) is 9.49. The first kappa shape index (κ1) is 25.3. The molecule has 2 aromatic heterocycles. The van der Waals surface area contributed by atoms with Crippen LogP contribution in [0.25, 0.3) is 11.1 Å². The van der Waals surface area contributed by atoms with Gasteiger partial charge in [0.05, 0.1) is 19.2 Å². The van der Waals surface area contributed by atoms with Gasteiger partial charge < -0.3 is 19.6 Å². The minimum absolute atomic E-state index is 0.123. The van der Waals surface area contributed by atoms with Crippen LogP contribution < -0.4 is 4.74 Å². The highest BCUT2D eigenvalue weighted by Crippen LogP contribution is 2.30. The van der Waals surface area contributed by atoms with Crippen molar-refractivity contribution in [2.45, 2.75) is 32.9 Å². The lowest BCUT2D eigenvalue weighted by molar-refractivity contribution is 0.0313. The number of aliphatic hydroxyl groups is 1. The number of nitrogens with zero attached hydrogens (tertiary/aromatic N) is 4. The van der Waals surface area contributed by atoms with Crippen LogP contribution in [0.15, 0.2) is 61.1 Å². The molecule has 4 rings (SSSR count). The topological polar surface area (TPSA) is 95.9 Å². The second kappa shape index (κ2) is 10.9. The number of carbonyl (C=O) groups is 2. The fourth-order valence-electron chi connectivity index (χ4n) is 4.29. The Morgan fingerprint density at radius 1 is 1.19 bits per heavy atom. The molecule has 0 saturated carbocycles. The molecule has 3 heterocycles. The first-order valence-electron chi connectivity index (χ1n) is 12.1. The van der Waals surface area contributed by atoms with E-state index < -0.39 is 6.10 Å². The monoisotopic (exact) mass is 488 g/mol. The largest absolute Gasteiger partial charge is 0.472 e. The molecule has 1 aliphatic rings. The molecule has 8 heteroatoms. The number of ether oxygens (including phenoxy) is 1. The Morgan fingerprint density at radius 3 is 2.56 bits per heavy atom. The van der Waals surface area contributed by atoms with Crippen LogP contribution in [0.4, 0.5) is 0 Å². The van der Waals surface area contributed by atoms with Gasteiger partial charge >= 0.3 is 0 Å². The molecule has 188 valence electrons. The molecule has 2 amide bonds. The van der Waals surface area contributed by atoms with Crippen molar-refractivity contribution in [3.05, 3.63) is 77.7 Å². The standard InChI is InChI=1S/C28H32N4O4/c1-18-5-7-21(8-6-18)23-13-24-26(30-14-23)36-25(19(2)15-32(28(24)35)20(3)17-33)16-31(4)27(34)22-9-11-29-12-10-22/h5-14,19-20,25,33H,15-17H2,1-4H3/t19-,20+,25-/m0/s1. The maximum atomic E-state index is 13.6. The van der Waals surface area contributed by atoms with Gasteiger partial charge in [-0.25, -0.2) is 4.98 Å². The van der Waals surface area contributed by atoms with Crippen LogP contribution in [0, 0.1) is 12.8 Å². The molecule has 0 fully saturated rings. The van der Waals surface area contributed by atoms with Gasteiger partial charge in [-0.3, -0.25) is 14.6 Å². The number of hydrogen-bond acceptors (Lipinski definition) is 6. The van der Waals surface area contributed by atoms with Gasteiger partial charge in [0.2, 0.25) is 5.88 Å². The minimum atomic E-state index is -0.418. The van der Waals surface area contributed by atoms with Crippen molar-refractivity contribution < 1.29 is 19.4 Å². The van der Waals surface area contributed by atoms with Gasteiger partial charge in [-0.1, -0.05) is 36.8 Å². The molecule has 0 radical (unpaired) electrons. The summed E-state index contributed by atoms with van der Waals surface area (Å²) >= 11 is 0. The maximum absolute atomic E-state index is 13.6. The molecule has 8 nitrogen and oxygen atoms in total. The Balaban J connectivity index is 1.68. The van der Waals surface area contributed by atoms with Gasteiger partial charge in [-0.2, -0.15) is 0 Å². The molecule has 1 aliphatic heterocycles. The molecule has 3 aromatic rings. The lowest BCUT2D eigenvalue weighted by atomic mass is 9.99. The summed E-state index contributed by atoms with van der Waals surface area (Å²) in [5.74, 6) is -0.274. The first-order chi connectivity index (χ1) is 17.3. The van der Waals surface area contributed by atoms with Crippen molar-refractivity contribution in [1.29, 1.82) is 0 Å². The zero-order valence-electron chi connectivity index (χ0n) is 21.1. The third-order valence-electron chi connectivity index (χ3n) is 6.63. The van der Waals surface area contributed by atoms with Crippen molar-refractivity contribution in [3.8, 4) is 17.0 Å². The normalized spacial score (nSPS) is 18.5. The van der Waals surface area contributed by atoms with E-state index in [1.54, 1.807) is 53.6 Å². The zero-order valence-corrected chi connectivity index (χ0v) is 21.1. The van der Waals surface area contributed by atoms with Crippen LogP contribution in [-0.2, 0) is 0 Å². The van der Waals surface area contributed by atoms with E-state index in [9.17, 15) is 14.7 Å². The minimum Gasteiger partial charge on any atom is -0.472 e. The molecule has 3 atom stereocenters. The van der Waals surface area contributed by atoms with Crippen molar-refractivity contribution in [1.82, 2.24) is 19.8 Å². The molecule has 36 heavy (non-hydrogen) atoms. The van der Waals surface area contributed by atoms with Crippen LogP contribution in [0.5, 0.6) is 5.88 Å². The highest BCUT2D eigenvalue weighted by molar-refractivity contribution is 5.98. The molecule has 0 saturated heterocycles. The molecule has 1 N–H and O–H groups in total. The fraction of sp³-hybridized carbons (Fsp3) is 0.357. The Hall–Kier alpha value is -3.78. The van der Waals surface area contributed by atoms with Crippen LogP contribution in [0.3, 0.4) is 0 Å². The summed E-state index contributed by atoms with van der Waals surface area (Å²) in [6, 6.07) is 12.8. The van der Waals surface area contributed by atoms with Gasteiger partial charge in [-0.15, -0.1) is 0 Å². The van der Waals surface area contributed by atoms with Crippen molar-refractivity contribution in [2.24, 2.45) is 5.92 Å². The van der Waals surface area contributed by atoms with Gasteiger partial charge in [0, 0.05) is 49.2 Å². The quantitative estimate of drug-likeness (QED) is 0.571. The number of rotatable bonds is 6. The molecule has 1 aromatic carbocycles. The SMILES string of the molecule is Cc1ccc(-c2cnc3c(c2)C(=O)N([C@H](C)CO)C[C@H](C)[C@H](CN(C)C(=O)c2ccncc2)O3)cc1. The Kier molecular flexibility index (Phi) is 7.64. The summed E-state index contributed by atoms with van der Waals surface area (Å²) < 4.78 is 6.32. The second-order valence-corrected chi connectivity index (χ2v) is 9.49. The van der Waals surface area contributed by atoms with Crippen molar-refractivity contribution in [2.75, 3.05) is 26.7 Å². The van der Waals surface area contributed by atoms with E-state index >= 15 is 0 Å². The van der Waals surface area contributed by atoms with E-state index in [0.29, 0.717) is 24.2 Å². The average molecular weight is 489 g/mol. The van der Waals surface area contributed by atoms with E-state index in [-0.39, 0.29) is 36.3 Å². The number of benzene rings is 1. The number of carbonyl (C=O) groups excluding carboxylic acids is 2. The van der Waals surface area contributed by atoms with E-state index in [1.165, 1.54) is 0 Å². The van der Waals surface area contributed by atoms with Crippen LogP contribution in [0.2, 0.25) is 0 Å². The number of aryl methyl sites for hydroxylation is 1. The first-order valence-corrected chi connectivity index (χ1v) is 12.1. The third kappa shape index (κ3) is 5.39. The predicted molar refractivity (Wildman–Crippen MR) is 137 cm³/mol. The fourth-order valence-corrected chi connectivity index (χ4v) is 4.29. The van der Waals surface area contributed by atoms with Gasteiger partial charge in [0.1, 0.15) is 11.7 Å². The maximum Gasteiger partial charge on any atom is 0.259 e. The Morgan fingerprint density at radius 2 is 1.89 bits per heavy atom. The van der Waals surface area contributed by atoms with Gasteiger partial charge in [-0.05, 0) is 37.6 Å². The van der Waals surface area contributed by atoms with Crippen molar-refractivity contribution in [3.63, 3.8) is 0 Å². The van der Waals surface area contributed by atoms with E-state index in [0.717, 1.165) is 16.7 Å². The lowest BCUT2D eigenvalue weighted by Crippen LogP contribution is -2.50. The highest BCUT2D eigenvalue weighted by atomic mass is 16.5. The summed E-state index contributed by atoms with van der Waals surface area (Å²) in [7, 11) is 1.73. The lowest BCUT2D eigenvalue weighted by Gasteiger charge is -2.37. The van der Waals surface area contributed by atoms with E-state index in [2.05, 4.69) is 9.97 Å². The zero-order chi connectivity index (χ0) is 25.8.